The first-order valence-electron chi connectivity index (χ1n) is 5.25. The highest BCUT2D eigenvalue weighted by Crippen LogP contribution is 2.04. The molecule has 0 heterocycles. The smallest absolute Gasteiger partial charge is 0.405 e. The van der Waals surface area contributed by atoms with Gasteiger partial charge in [-0.1, -0.05) is 19.8 Å². The summed E-state index contributed by atoms with van der Waals surface area (Å²) < 4.78 is 4.58. The highest BCUT2D eigenvalue weighted by Gasteiger charge is 2.12. The Bertz CT molecular complexity index is 173. The fourth-order valence-electron chi connectivity index (χ4n) is 0.779. The van der Waals surface area contributed by atoms with Gasteiger partial charge >= 0.3 is 6.09 Å². The van der Waals surface area contributed by atoms with Crippen molar-refractivity contribution in [2.24, 2.45) is 5.73 Å². The molecule has 0 fully saturated rings. The maximum atomic E-state index is 10.0. The molecule has 0 aliphatic rings. The molecule has 0 aliphatic carbocycles. The van der Waals surface area contributed by atoms with Gasteiger partial charge in [-0.05, 0) is 27.2 Å². The number of ether oxygens (including phenoxy) is 1. The topological polar surface area (TPSA) is 69.4 Å². The van der Waals surface area contributed by atoms with Gasteiger partial charge in [0.1, 0.15) is 11.9 Å². The van der Waals surface area contributed by atoms with E-state index in [2.05, 4.69) is 11.7 Å². The zero-order chi connectivity index (χ0) is 12.3. The molecule has 90 valence electrons. The van der Waals surface area contributed by atoms with E-state index in [4.69, 9.17) is 5.73 Å². The lowest BCUT2D eigenvalue weighted by Gasteiger charge is -2.16. The molecule has 0 aromatic rings. The standard InChI is InChI=1S/C6H12O.C5H11NO2/c1-2-3-4-5-6-7;1-5(2,3)8-4(6)7/h6H,2-5H2,1H3;1-3H3,(H2,6,7). The second-order valence-corrected chi connectivity index (χ2v) is 4.20. The average molecular weight is 217 g/mol. The van der Waals surface area contributed by atoms with Crippen molar-refractivity contribution in [3.8, 4) is 0 Å². The minimum absolute atomic E-state index is 0.453. The molecule has 4 heteroatoms. The number of unbranched alkanes of at least 4 members (excludes halogenated alkanes) is 3. The Morgan fingerprint density at radius 3 is 2.07 bits per heavy atom. The van der Waals surface area contributed by atoms with Crippen molar-refractivity contribution in [1.29, 1.82) is 0 Å². The molecule has 2 N–H and O–H groups in total. The third kappa shape index (κ3) is 24.6. The molecular formula is C11H23NO3. The van der Waals surface area contributed by atoms with Gasteiger partial charge in [-0.3, -0.25) is 0 Å². The number of rotatable bonds is 4. The van der Waals surface area contributed by atoms with Crippen LogP contribution in [0, 0.1) is 0 Å². The van der Waals surface area contributed by atoms with Crippen molar-refractivity contribution in [2.45, 2.75) is 59.0 Å². The SMILES string of the molecule is CC(C)(C)OC(N)=O.CCCCCC=O. The third-order valence-corrected chi connectivity index (χ3v) is 1.33. The summed E-state index contributed by atoms with van der Waals surface area (Å²) >= 11 is 0. The molecule has 4 nitrogen and oxygen atoms in total. The maximum absolute atomic E-state index is 10.0. The van der Waals surface area contributed by atoms with Gasteiger partial charge in [0.15, 0.2) is 0 Å². The number of aldehydes is 1. The molecule has 0 spiro atoms. The lowest BCUT2D eigenvalue weighted by atomic mass is 10.2. The molecule has 0 unspecified atom stereocenters. The van der Waals surface area contributed by atoms with Crippen LogP contribution in [0.25, 0.3) is 0 Å². The normalized spacial score (nSPS) is 9.87. The summed E-state index contributed by atoms with van der Waals surface area (Å²) in [6.07, 6.45) is 4.47. The Morgan fingerprint density at radius 1 is 1.33 bits per heavy atom. The van der Waals surface area contributed by atoms with Crippen molar-refractivity contribution < 1.29 is 14.3 Å². The highest BCUT2D eigenvalue weighted by molar-refractivity contribution is 5.65. The van der Waals surface area contributed by atoms with Crippen LogP contribution in [0.1, 0.15) is 53.4 Å². The number of carbonyl (C=O) groups excluding carboxylic acids is 2. The van der Waals surface area contributed by atoms with E-state index in [9.17, 15) is 9.59 Å². The van der Waals surface area contributed by atoms with Crippen LogP contribution in [0.5, 0.6) is 0 Å². The van der Waals surface area contributed by atoms with E-state index in [1.807, 2.05) is 0 Å². The van der Waals surface area contributed by atoms with Crippen molar-refractivity contribution in [1.82, 2.24) is 0 Å². The van der Waals surface area contributed by atoms with Crippen LogP contribution in [0.2, 0.25) is 0 Å². The van der Waals surface area contributed by atoms with Crippen LogP contribution in [-0.2, 0) is 9.53 Å². The van der Waals surface area contributed by atoms with Crippen molar-refractivity contribution >= 4 is 12.4 Å². The zero-order valence-electron chi connectivity index (χ0n) is 10.2. The predicted molar refractivity (Wildman–Crippen MR) is 60.6 cm³/mol. The average Bonchev–Trinajstić information content (AvgIpc) is 2.01. The Kier molecular flexibility index (Phi) is 10.4. The van der Waals surface area contributed by atoms with Crippen molar-refractivity contribution in [3.05, 3.63) is 0 Å². The molecule has 0 aromatic heterocycles. The Hall–Kier alpha value is -1.06. The molecule has 0 saturated carbocycles. The Labute approximate surface area is 92.2 Å². The van der Waals surface area contributed by atoms with Crippen LogP contribution in [-0.4, -0.2) is 18.0 Å². The predicted octanol–water partition coefficient (Wildman–Crippen LogP) is 2.65. The third-order valence-electron chi connectivity index (χ3n) is 1.33. The van der Waals surface area contributed by atoms with Crippen LogP contribution in [0.3, 0.4) is 0 Å². The number of nitrogens with two attached hydrogens (primary N) is 1. The van der Waals surface area contributed by atoms with Gasteiger partial charge in [0.05, 0.1) is 0 Å². The van der Waals surface area contributed by atoms with E-state index in [1.165, 1.54) is 12.8 Å². The molecule has 15 heavy (non-hydrogen) atoms. The second kappa shape index (κ2) is 9.49. The molecule has 0 aliphatic heterocycles. The van der Waals surface area contributed by atoms with Gasteiger partial charge in [0.2, 0.25) is 0 Å². The highest BCUT2D eigenvalue weighted by atomic mass is 16.6. The van der Waals surface area contributed by atoms with E-state index in [0.717, 1.165) is 19.1 Å². The first-order valence-corrected chi connectivity index (χ1v) is 5.25. The van der Waals surface area contributed by atoms with Crippen LogP contribution >= 0.6 is 0 Å². The number of carbonyl (C=O) groups is 2. The van der Waals surface area contributed by atoms with Crippen LogP contribution in [0.4, 0.5) is 4.79 Å². The second-order valence-electron chi connectivity index (χ2n) is 4.20. The fraction of sp³-hybridized carbons (Fsp3) is 0.818. The van der Waals surface area contributed by atoms with Gasteiger partial charge in [0, 0.05) is 6.42 Å². The number of primary amides is 1. The number of hydrogen-bond donors (Lipinski definition) is 1. The Balaban J connectivity index is 0. The van der Waals surface area contributed by atoms with Crippen molar-refractivity contribution in [3.63, 3.8) is 0 Å². The summed E-state index contributed by atoms with van der Waals surface area (Å²) in [5.74, 6) is 0. The minimum atomic E-state index is -0.725. The van der Waals surface area contributed by atoms with Gasteiger partial charge in [-0.25, -0.2) is 4.79 Å². The summed E-state index contributed by atoms with van der Waals surface area (Å²) in [7, 11) is 0. The fourth-order valence-corrected chi connectivity index (χ4v) is 0.779. The molecular weight excluding hydrogens is 194 g/mol. The first kappa shape index (κ1) is 16.4. The van der Waals surface area contributed by atoms with E-state index >= 15 is 0 Å². The van der Waals surface area contributed by atoms with Gasteiger partial charge in [-0.2, -0.15) is 0 Å². The monoisotopic (exact) mass is 217 g/mol. The molecule has 0 atom stereocenters. The summed E-state index contributed by atoms with van der Waals surface area (Å²) in [4.78, 5) is 19.7. The summed E-state index contributed by atoms with van der Waals surface area (Å²) in [6.45, 7) is 7.41. The summed E-state index contributed by atoms with van der Waals surface area (Å²) in [6, 6.07) is 0. The lowest BCUT2D eigenvalue weighted by Crippen LogP contribution is -2.27. The summed E-state index contributed by atoms with van der Waals surface area (Å²) in [5.41, 5.74) is 4.26. The number of hydrogen-bond acceptors (Lipinski definition) is 3. The molecule has 1 amide bonds. The van der Waals surface area contributed by atoms with Gasteiger partial charge < -0.3 is 15.3 Å². The van der Waals surface area contributed by atoms with Gasteiger partial charge in [-0.15, -0.1) is 0 Å². The molecule has 0 radical (unpaired) electrons. The molecule has 0 saturated heterocycles. The Morgan fingerprint density at radius 2 is 1.87 bits per heavy atom. The minimum Gasteiger partial charge on any atom is -0.444 e. The van der Waals surface area contributed by atoms with E-state index < -0.39 is 11.7 Å². The first-order chi connectivity index (χ1) is 6.83. The van der Waals surface area contributed by atoms with E-state index in [-0.39, 0.29) is 0 Å². The van der Waals surface area contributed by atoms with Crippen molar-refractivity contribution in [2.75, 3.05) is 0 Å². The van der Waals surface area contributed by atoms with Gasteiger partial charge in [0.25, 0.3) is 0 Å². The summed E-state index contributed by atoms with van der Waals surface area (Å²) in [5, 5.41) is 0. The molecule has 0 rings (SSSR count). The van der Waals surface area contributed by atoms with E-state index in [1.54, 1.807) is 20.8 Å². The number of amides is 1. The van der Waals surface area contributed by atoms with Crippen LogP contribution in [0.15, 0.2) is 0 Å². The van der Waals surface area contributed by atoms with Crippen LogP contribution < -0.4 is 5.73 Å². The zero-order valence-corrected chi connectivity index (χ0v) is 10.2. The largest absolute Gasteiger partial charge is 0.444 e. The lowest BCUT2D eigenvalue weighted by molar-refractivity contribution is -0.107. The maximum Gasteiger partial charge on any atom is 0.405 e. The molecule has 0 aromatic carbocycles. The quantitative estimate of drug-likeness (QED) is 0.581. The molecule has 0 bridgehead atoms. The van der Waals surface area contributed by atoms with E-state index in [0.29, 0.717) is 0 Å².